The summed E-state index contributed by atoms with van der Waals surface area (Å²) in [4.78, 5) is 0. The molecule has 0 fully saturated rings. The first-order valence-electron chi connectivity index (χ1n) is 5.18. The molecule has 14 heavy (non-hydrogen) atoms. The van der Waals surface area contributed by atoms with Crippen molar-refractivity contribution in [3.8, 4) is 0 Å². The van der Waals surface area contributed by atoms with E-state index in [0.717, 1.165) is 19.4 Å². The Balaban J connectivity index is 3.21. The van der Waals surface area contributed by atoms with Gasteiger partial charge in [-0.15, -0.1) is 0 Å². The number of methoxy groups -OCH3 is 1. The number of unbranched alkanes of at least 4 members (excludes halogenated alkanes) is 1. The molecule has 0 spiro atoms. The lowest BCUT2D eigenvalue weighted by Crippen LogP contribution is -2.13. The Bertz CT molecular complexity index is 134. The molecule has 3 heteroatoms. The summed E-state index contributed by atoms with van der Waals surface area (Å²) in [5, 5.41) is 0. The Kier molecular flexibility index (Phi) is 10.4. The van der Waals surface area contributed by atoms with Gasteiger partial charge in [0, 0.05) is 13.7 Å². The normalized spacial score (nSPS) is 13.6. The highest BCUT2D eigenvalue weighted by molar-refractivity contribution is 4.80. The Morgan fingerprint density at radius 2 is 1.86 bits per heavy atom. The van der Waals surface area contributed by atoms with Crippen LogP contribution in [0.4, 0.5) is 0 Å². The predicted octanol–water partition coefficient (Wildman–Crippen LogP) is 2.37. The van der Waals surface area contributed by atoms with Crippen LogP contribution in [0.15, 0.2) is 12.2 Å². The summed E-state index contributed by atoms with van der Waals surface area (Å²) in [7, 11) is 1.67. The van der Waals surface area contributed by atoms with E-state index in [1.807, 2.05) is 19.1 Å². The van der Waals surface area contributed by atoms with Crippen LogP contribution < -0.4 is 0 Å². The monoisotopic (exact) mass is 202 g/mol. The van der Waals surface area contributed by atoms with Gasteiger partial charge in [0.2, 0.25) is 0 Å². The van der Waals surface area contributed by atoms with E-state index in [4.69, 9.17) is 14.2 Å². The summed E-state index contributed by atoms with van der Waals surface area (Å²) >= 11 is 0. The molecule has 0 aromatic heterocycles. The molecule has 0 aliphatic heterocycles. The molecule has 0 radical (unpaired) electrons. The zero-order valence-corrected chi connectivity index (χ0v) is 9.49. The molecule has 0 aromatic carbocycles. The van der Waals surface area contributed by atoms with Crippen LogP contribution in [0.2, 0.25) is 0 Å². The van der Waals surface area contributed by atoms with Crippen molar-refractivity contribution in [2.75, 3.05) is 26.9 Å². The second-order valence-electron chi connectivity index (χ2n) is 3.05. The van der Waals surface area contributed by atoms with Crippen LogP contribution in [0.1, 0.15) is 26.7 Å². The molecule has 0 rings (SSSR count). The lowest BCUT2D eigenvalue weighted by Gasteiger charge is -2.12. The number of hydrogen-bond donors (Lipinski definition) is 0. The maximum atomic E-state index is 5.40. The number of rotatable bonds is 9. The van der Waals surface area contributed by atoms with E-state index in [-0.39, 0.29) is 6.29 Å². The summed E-state index contributed by atoms with van der Waals surface area (Å²) in [6, 6.07) is 0. The fraction of sp³-hybridized carbons (Fsp3) is 0.818. The van der Waals surface area contributed by atoms with Crippen molar-refractivity contribution < 1.29 is 14.2 Å². The third-order valence-electron chi connectivity index (χ3n) is 1.71. The SMILES string of the molecule is CCCCOC(C)OC/C=C\COC. The maximum Gasteiger partial charge on any atom is 0.155 e. The lowest BCUT2D eigenvalue weighted by molar-refractivity contribution is -0.123. The average molecular weight is 202 g/mol. The molecule has 84 valence electrons. The maximum absolute atomic E-state index is 5.40. The molecule has 0 bridgehead atoms. The van der Waals surface area contributed by atoms with Crippen LogP contribution in [0.3, 0.4) is 0 Å². The minimum Gasteiger partial charge on any atom is -0.381 e. The molecular formula is C11H22O3. The summed E-state index contributed by atoms with van der Waals surface area (Å²) in [6.07, 6.45) is 5.99. The third kappa shape index (κ3) is 9.71. The van der Waals surface area contributed by atoms with E-state index in [9.17, 15) is 0 Å². The molecule has 0 aromatic rings. The summed E-state index contributed by atoms with van der Waals surface area (Å²) < 4.78 is 15.6. The van der Waals surface area contributed by atoms with Crippen LogP contribution in [-0.2, 0) is 14.2 Å². The van der Waals surface area contributed by atoms with Gasteiger partial charge in [-0.3, -0.25) is 0 Å². The zero-order chi connectivity index (χ0) is 10.6. The third-order valence-corrected chi connectivity index (χ3v) is 1.71. The molecule has 0 aliphatic carbocycles. The van der Waals surface area contributed by atoms with E-state index in [1.54, 1.807) is 7.11 Å². The highest BCUT2D eigenvalue weighted by Gasteiger charge is 1.98. The highest BCUT2D eigenvalue weighted by Crippen LogP contribution is 1.96. The van der Waals surface area contributed by atoms with Crippen LogP contribution in [0.5, 0.6) is 0 Å². The summed E-state index contributed by atoms with van der Waals surface area (Å²) in [6.45, 7) is 6.05. The van der Waals surface area contributed by atoms with Gasteiger partial charge >= 0.3 is 0 Å². The lowest BCUT2D eigenvalue weighted by atomic mass is 10.4. The van der Waals surface area contributed by atoms with Crippen molar-refractivity contribution >= 4 is 0 Å². The molecule has 0 aliphatic rings. The van der Waals surface area contributed by atoms with Crippen molar-refractivity contribution in [2.45, 2.75) is 33.0 Å². The molecule has 0 heterocycles. The minimum absolute atomic E-state index is 0.117. The van der Waals surface area contributed by atoms with Crippen molar-refractivity contribution in [3.63, 3.8) is 0 Å². The summed E-state index contributed by atoms with van der Waals surface area (Å²) in [5.74, 6) is 0. The van der Waals surface area contributed by atoms with Crippen LogP contribution in [0.25, 0.3) is 0 Å². The first kappa shape index (κ1) is 13.6. The van der Waals surface area contributed by atoms with Crippen molar-refractivity contribution in [1.29, 1.82) is 0 Å². The van der Waals surface area contributed by atoms with E-state index in [2.05, 4.69) is 6.92 Å². The Labute approximate surface area is 87.0 Å². The molecule has 0 saturated carbocycles. The predicted molar refractivity (Wildman–Crippen MR) is 57.3 cm³/mol. The van der Waals surface area contributed by atoms with Crippen molar-refractivity contribution in [2.24, 2.45) is 0 Å². The Morgan fingerprint density at radius 1 is 1.14 bits per heavy atom. The standard InChI is InChI=1S/C11H22O3/c1-4-5-9-13-11(2)14-10-7-6-8-12-3/h6-7,11H,4-5,8-10H2,1-3H3/b7-6-. The first-order chi connectivity index (χ1) is 6.81. The Hall–Kier alpha value is -0.380. The van der Waals surface area contributed by atoms with Crippen LogP contribution in [-0.4, -0.2) is 33.2 Å². The molecule has 0 saturated heterocycles. The van der Waals surface area contributed by atoms with E-state index >= 15 is 0 Å². The van der Waals surface area contributed by atoms with Gasteiger partial charge in [0.25, 0.3) is 0 Å². The van der Waals surface area contributed by atoms with Gasteiger partial charge in [0.1, 0.15) is 0 Å². The minimum atomic E-state index is -0.117. The second kappa shape index (κ2) is 10.7. The zero-order valence-electron chi connectivity index (χ0n) is 9.49. The van der Waals surface area contributed by atoms with Gasteiger partial charge in [0.15, 0.2) is 6.29 Å². The fourth-order valence-electron chi connectivity index (χ4n) is 0.865. The van der Waals surface area contributed by atoms with Gasteiger partial charge in [-0.25, -0.2) is 0 Å². The largest absolute Gasteiger partial charge is 0.381 e. The van der Waals surface area contributed by atoms with E-state index in [1.165, 1.54) is 0 Å². The first-order valence-corrected chi connectivity index (χ1v) is 5.18. The quantitative estimate of drug-likeness (QED) is 0.326. The smallest absolute Gasteiger partial charge is 0.155 e. The van der Waals surface area contributed by atoms with Gasteiger partial charge < -0.3 is 14.2 Å². The van der Waals surface area contributed by atoms with Gasteiger partial charge in [-0.2, -0.15) is 0 Å². The van der Waals surface area contributed by atoms with E-state index in [0.29, 0.717) is 13.2 Å². The molecular weight excluding hydrogens is 180 g/mol. The molecule has 0 N–H and O–H groups in total. The topological polar surface area (TPSA) is 27.7 Å². The van der Waals surface area contributed by atoms with Gasteiger partial charge in [-0.1, -0.05) is 25.5 Å². The summed E-state index contributed by atoms with van der Waals surface area (Å²) in [5.41, 5.74) is 0. The van der Waals surface area contributed by atoms with Crippen LogP contribution >= 0.6 is 0 Å². The number of ether oxygens (including phenoxy) is 3. The Morgan fingerprint density at radius 3 is 2.50 bits per heavy atom. The van der Waals surface area contributed by atoms with Crippen LogP contribution in [0, 0.1) is 0 Å². The second-order valence-corrected chi connectivity index (χ2v) is 3.05. The average Bonchev–Trinajstić information content (AvgIpc) is 2.18. The van der Waals surface area contributed by atoms with Gasteiger partial charge in [-0.05, 0) is 13.3 Å². The molecule has 3 nitrogen and oxygen atoms in total. The van der Waals surface area contributed by atoms with Crippen molar-refractivity contribution in [3.05, 3.63) is 12.2 Å². The van der Waals surface area contributed by atoms with E-state index < -0.39 is 0 Å². The van der Waals surface area contributed by atoms with Gasteiger partial charge in [0.05, 0.1) is 13.2 Å². The van der Waals surface area contributed by atoms with Crippen molar-refractivity contribution in [1.82, 2.24) is 0 Å². The molecule has 1 atom stereocenters. The number of hydrogen-bond acceptors (Lipinski definition) is 3. The molecule has 0 amide bonds. The highest BCUT2D eigenvalue weighted by atomic mass is 16.7. The molecule has 1 unspecified atom stereocenters. The fourth-order valence-corrected chi connectivity index (χ4v) is 0.865.